The first-order chi connectivity index (χ1) is 14.1. The normalized spacial score (nSPS) is 16.8. The summed E-state index contributed by atoms with van der Waals surface area (Å²) in [5.74, 6) is -0.261. The zero-order valence-electron chi connectivity index (χ0n) is 15.5. The Morgan fingerprint density at radius 2 is 2.14 bits per heavy atom. The number of rotatable bonds is 6. The van der Waals surface area contributed by atoms with Crippen LogP contribution in [0.4, 0.5) is 10.2 Å². The van der Waals surface area contributed by atoms with E-state index in [1.165, 1.54) is 12.3 Å². The molecule has 2 aromatic rings. The van der Waals surface area contributed by atoms with Crippen LogP contribution in [-0.2, 0) is 5.41 Å². The minimum atomic E-state index is -0.455. The number of anilines is 1. The molecule has 2 N–H and O–H groups in total. The lowest BCUT2D eigenvalue weighted by molar-refractivity contribution is 0.0959. The predicted octanol–water partition coefficient (Wildman–Crippen LogP) is 2.14. The van der Waals surface area contributed by atoms with E-state index >= 15 is 0 Å². The van der Waals surface area contributed by atoms with Gasteiger partial charge in [-0.25, -0.2) is 4.39 Å². The number of halogens is 1. The molecule has 9 heteroatoms. The summed E-state index contributed by atoms with van der Waals surface area (Å²) in [5, 5.41) is 22.8. The van der Waals surface area contributed by atoms with Crippen molar-refractivity contribution in [3.05, 3.63) is 58.9 Å². The quantitative estimate of drug-likeness (QED) is 0.779. The number of nitrogens with one attached hydrogen (secondary N) is 2. The van der Waals surface area contributed by atoms with Crippen LogP contribution in [0.3, 0.4) is 0 Å². The van der Waals surface area contributed by atoms with Gasteiger partial charge in [0, 0.05) is 24.4 Å². The molecule has 1 aliphatic carbocycles. The Labute approximate surface area is 166 Å². The van der Waals surface area contributed by atoms with Crippen LogP contribution in [0.5, 0.6) is 0 Å². The van der Waals surface area contributed by atoms with Crippen molar-refractivity contribution in [3.63, 3.8) is 0 Å². The van der Waals surface area contributed by atoms with Crippen molar-refractivity contribution in [1.82, 2.24) is 20.5 Å². The molecule has 1 aliphatic heterocycles. The number of carbonyl (C=O) groups excluding carboxylic acids is 1. The van der Waals surface area contributed by atoms with Gasteiger partial charge < -0.3 is 10.6 Å². The molecule has 0 atom stereocenters. The van der Waals surface area contributed by atoms with Gasteiger partial charge in [-0.1, -0.05) is 6.42 Å². The van der Waals surface area contributed by atoms with Gasteiger partial charge in [-0.2, -0.15) is 5.26 Å². The number of hydrogen-bond acceptors (Lipinski definition) is 7. The molecule has 1 amide bonds. The summed E-state index contributed by atoms with van der Waals surface area (Å²) in [6.07, 6.45) is 5.75. The number of pyridine rings is 1. The smallest absolute Gasteiger partial charge is 0.276 e. The highest BCUT2D eigenvalue weighted by Crippen LogP contribution is 2.43. The molecular formula is C20H18FN7O. The van der Waals surface area contributed by atoms with Crippen molar-refractivity contribution in [2.75, 3.05) is 18.4 Å². The van der Waals surface area contributed by atoms with E-state index in [1.807, 2.05) is 6.07 Å². The molecule has 0 aromatic carbocycles. The maximum Gasteiger partial charge on any atom is 0.276 e. The van der Waals surface area contributed by atoms with E-state index in [9.17, 15) is 9.18 Å². The Kier molecular flexibility index (Phi) is 4.99. The van der Waals surface area contributed by atoms with Crippen LogP contribution in [0.25, 0.3) is 0 Å². The number of aromatic nitrogens is 3. The minimum absolute atomic E-state index is 0.126. The van der Waals surface area contributed by atoms with Crippen LogP contribution in [0, 0.1) is 17.1 Å². The summed E-state index contributed by atoms with van der Waals surface area (Å²) in [5.41, 5.74) is 1.03. The molecule has 0 bridgehead atoms. The topological polar surface area (TPSA) is 116 Å². The summed E-state index contributed by atoms with van der Waals surface area (Å²) in [7, 11) is 0. The van der Waals surface area contributed by atoms with Crippen molar-refractivity contribution in [1.29, 1.82) is 5.26 Å². The number of nitriles is 1. The summed E-state index contributed by atoms with van der Waals surface area (Å²) in [6, 6.07) is 8.18. The highest BCUT2D eigenvalue weighted by atomic mass is 19.1. The molecule has 2 aliphatic rings. The molecule has 146 valence electrons. The molecule has 0 spiro atoms. The molecule has 0 radical (unpaired) electrons. The molecule has 0 unspecified atom stereocenters. The van der Waals surface area contributed by atoms with Crippen LogP contribution in [-0.4, -0.2) is 40.4 Å². The van der Waals surface area contributed by atoms with Gasteiger partial charge in [0.25, 0.3) is 5.91 Å². The average Bonchev–Trinajstić information content (AvgIpc) is 3.16. The fraction of sp³-hybridized carbons (Fsp3) is 0.300. The van der Waals surface area contributed by atoms with E-state index in [-0.39, 0.29) is 23.5 Å². The van der Waals surface area contributed by atoms with Gasteiger partial charge >= 0.3 is 0 Å². The Morgan fingerprint density at radius 1 is 1.28 bits per heavy atom. The third-order valence-electron chi connectivity index (χ3n) is 5.26. The van der Waals surface area contributed by atoms with Crippen molar-refractivity contribution in [3.8, 4) is 6.07 Å². The van der Waals surface area contributed by atoms with Gasteiger partial charge in [-0.15, -0.1) is 10.2 Å². The fourth-order valence-corrected chi connectivity index (χ4v) is 3.48. The van der Waals surface area contributed by atoms with Crippen molar-refractivity contribution in [2.45, 2.75) is 24.7 Å². The Balaban J connectivity index is 1.40. The number of nitrogens with zero attached hydrogens (tertiary/aromatic N) is 5. The Bertz CT molecular complexity index is 1040. The monoisotopic (exact) mass is 391 g/mol. The molecule has 29 heavy (non-hydrogen) atoms. The minimum Gasteiger partial charge on any atom is -0.368 e. The zero-order valence-corrected chi connectivity index (χ0v) is 15.5. The molecular weight excluding hydrogens is 373 g/mol. The summed E-state index contributed by atoms with van der Waals surface area (Å²) in [4.78, 5) is 20.5. The third kappa shape index (κ3) is 3.69. The second kappa shape index (κ2) is 7.75. The van der Waals surface area contributed by atoms with Gasteiger partial charge in [0.1, 0.15) is 17.7 Å². The summed E-state index contributed by atoms with van der Waals surface area (Å²) in [6.45, 7) is 0.741. The maximum absolute atomic E-state index is 14.2. The maximum atomic E-state index is 14.2. The third-order valence-corrected chi connectivity index (χ3v) is 5.26. The molecule has 1 fully saturated rings. The second-order valence-corrected chi connectivity index (χ2v) is 7.05. The lowest BCUT2D eigenvalue weighted by Gasteiger charge is -2.41. The first-order valence-corrected chi connectivity index (χ1v) is 9.24. The average molecular weight is 391 g/mol. The van der Waals surface area contributed by atoms with Gasteiger partial charge in [-0.3, -0.25) is 14.8 Å². The van der Waals surface area contributed by atoms with Crippen LogP contribution >= 0.6 is 0 Å². The Morgan fingerprint density at radius 3 is 2.79 bits per heavy atom. The molecule has 8 nitrogen and oxygen atoms in total. The molecule has 3 heterocycles. The van der Waals surface area contributed by atoms with Crippen LogP contribution in [0.1, 0.15) is 35.4 Å². The Hall–Kier alpha value is -3.67. The largest absolute Gasteiger partial charge is 0.368 e. The van der Waals surface area contributed by atoms with E-state index in [0.717, 1.165) is 19.3 Å². The van der Waals surface area contributed by atoms with Gasteiger partial charge in [-0.05, 0) is 37.1 Å². The van der Waals surface area contributed by atoms with E-state index in [4.69, 9.17) is 5.26 Å². The number of allylic oxidation sites excluding steroid dienone is 1. The SMILES string of the molecule is N#CC1=C(NC(=O)c2ccc(NCC3(c4ncccc4F)CCC3)nn2)CN=C1. The van der Waals surface area contributed by atoms with Crippen LogP contribution in [0.15, 0.2) is 46.7 Å². The fourth-order valence-electron chi connectivity index (χ4n) is 3.48. The number of amides is 1. The first kappa shape index (κ1) is 18.7. The van der Waals surface area contributed by atoms with Crippen molar-refractivity contribution < 1.29 is 9.18 Å². The highest BCUT2D eigenvalue weighted by Gasteiger charge is 2.41. The van der Waals surface area contributed by atoms with Crippen LogP contribution in [0.2, 0.25) is 0 Å². The van der Waals surface area contributed by atoms with Gasteiger partial charge in [0.15, 0.2) is 5.69 Å². The van der Waals surface area contributed by atoms with E-state index in [2.05, 4.69) is 30.8 Å². The lowest BCUT2D eigenvalue weighted by Crippen LogP contribution is -2.42. The predicted molar refractivity (Wildman–Crippen MR) is 104 cm³/mol. The number of aliphatic imine (C=N–C) groups is 1. The van der Waals surface area contributed by atoms with Gasteiger partial charge in [0.2, 0.25) is 0 Å². The summed E-state index contributed by atoms with van der Waals surface area (Å²) >= 11 is 0. The molecule has 1 saturated carbocycles. The standard InChI is InChI=1S/C20H18FN7O/c21-14-3-1-8-24-18(14)20(6-2-7-20)12-25-17-5-4-15(27-28-17)19(29)26-16-11-23-10-13(16)9-22/h1,3-5,8,10H,2,6-7,11-12H2,(H,25,28)(H,26,29). The zero-order chi connectivity index (χ0) is 20.3. The summed E-state index contributed by atoms with van der Waals surface area (Å²) < 4.78 is 14.2. The van der Waals surface area contributed by atoms with E-state index in [1.54, 1.807) is 24.4 Å². The lowest BCUT2D eigenvalue weighted by atomic mass is 9.66. The van der Waals surface area contributed by atoms with E-state index in [0.29, 0.717) is 29.3 Å². The number of hydrogen-bond donors (Lipinski definition) is 2. The van der Waals surface area contributed by atoms with E-state index < -0.39 is 5.91 Å². The second-order valence-electron chi connectivity index (χ2n) is 7.05. The number of carbonyl (C=O) groups is 1. The molecule has 2 aromatic heterocycles. The van der Waals surface area contributed by atoms with Crippen molar-refractivity contribution in [2.24, 2.45) is 4.99 Å². The molecule has 4 rings (SSSR count). The van der Waals surface area contributed by atoms with Gasteiger partial charge in [0.05, 0.1) is 23.5 Å². The van der Waals surface area contributed by atoms with Crippen LogP contribution < -0.4 is 10.6 Å². The molecule has 0 saturated heterocycles. The highest BCUT2D eigenvalue weighted by molar-refractivity contribution is 5.96. The van der Waals surface area contributed by atoms with Crippen molar-refractivity contribution >= 4 is 17.9 Å². The first-order valence-electron chi connectivity index (χ1n) is 9.24.